The number of rotatable bonds is 6. The third kappa shape index (κ3) is 5.05. The van der Waals surface area contributed by atoms with Gasteiger partial charge in [-0.05, 0) is 42.2 Å². The van der Waals surface area contributed by atoms with E-state index in [4.69, 9.17) is 11.6 Å². The summed E-state index contributed by atoms with van der Waals surface area (Å²) in [5.74, 6) is -0.132. The first-order valence-electron chi connectivity index (χ1n) is 6.49. The molecule has 0 radical (unpaired) electrons. The van der Waals surface area contributed by atoms with Gasteiger partial charge < -0.3 is 0 Å². The summed E-state index contributed by atoms with van der Waals surface area (Å²) in [4.78, 5) is 0. The molecule has 0 atom stereocenters. The Bertz CT molecular complexity index is 415. The topological polar surface area (TPSA) is 0 Å². The fourth-order valence-corrected chi connectivity index (χ4v) is 1.83. The molecule has 0 amide bonds. The van der Waals surface area contributed by atoms with Gasteiger partial charge in [-0.1, -0.05) is 56.5 Å². The van der Waals surface area contributed by atoms with Crippen molar-refractivity contribution in [3.05, 3.63) is 52.3 Å². The molecule has 2 heteroatoms. The van der Waals surface area contributed by atoms with Crippen LogP contribution in [0.1, 0.15) is 45.1 Å². The normalized spacial score (nSPS) is 12.9. The fraction of sp³-hybridized carbons (Fsp3) is 0.375. The molecule has 1 aromatic carbocycles. The monoisotopic (exact) mass is 266 g/mol. The van der Waals surface area contributed by atoms with Gasteiger partial charge >= 0.3 is 0 Å². The maximum absolute atomic E-state index is 14.1. The molecular weight excluding hydrogens is 247 g/mol. The molecule has 18 heavy (non-hydrogen) atoms. The van der Waals surface area contributed by atoms with E-state index in [1.807, 2.05) is 18.2 Å². The highest BCUT2D eigenvalue weighted by Crippen LogP contribution is 2.22. The van der Waals surface area contributed by atoms with Crippen molar-refractivity contribution >= 4 is 17.7 Å². The van der Waals surface area contributed by atoms with E-state index in [-0.39, 0.29) is 5.83 Å². The third-order valence-electron chi connectivity index (χ3n) is 2.67. The van der Waals surface area contributed by atoms with Crippen LogP contribution < -0.4 is 0 Å². The van der Waals surface area contributed by atoms with Crippen LogP contribution in [0.4, 0.5) is 4.39 Å². The Hall–Kier alpha value is -1.08. The summed E-state index contributed by atoms with van der Waals surface area (Å²) in [7, 11) is 0. The molecule has 0 heterocycles. The molecule has 0 unspecified atom stereocenters. The maximum Gasteiger partial charge on any atom is 0.126 e. The van der Waals surface area contributed by atoms with Crippen LogP contribution in [-0.4, -0.2) is 0 Å². The highest BCUT2D eigenvalue weighted by Gasteiger charge is 2.03. The predicted octanol–water partition coefficient (Wildman–Crippen LogP) is 6.18. The van der Waals surface area contributed by atoms with E-state index in [0.29, 0.717) is 5.02 Å². The zero-order valence-corrected chi connectivity index (χ0v) is 11.8. The molecule has 0 aliphatic heterocycles. The van der Waals surface area contributed by atoms with E-state index in [0.717, 1.165) is 36.8 Å². The molecule has 0 spiro atoms. The molecule has 0 N–H and O–H groups in total. The summed E-state index contributed by atoms with van der Waals surface area (Å²) >= 11 is 5.80. The second-order valence-corrected chi connectivity index (χ2v) is 4.75. The number of hydrogen-bond donors (Lipinski definition) is 0. The second kappa shape index (κ2) is 8.10. The summed E-state index contributed by atoms with van der Waals surface area (Å²) in [6, 6.07) is 7.20. The Labute approximate surface area is 114 Å². The van der Waals surface area contributed by atoms with Gasteiger partial charge in [0.25, 0.3) is 0 Å². The molecule has 0 saturated carbocycles. The minimum absolute atomic E-state index is 0.132. The number of halogens is 2. The zero-order valence-electron chi connectivity index (χ0n) is 11.0. The first-order valence-corrected chi connectivity index (χ1v) is 6.87. The summed E-state index contributed by atoms with van der Waals surface area (Å²) < 4.78 is 14.1. The average Bonchev–Trinajstić information content (AvgIpc) is 2.37. The first-order chi connectivity index (χ1) is 8.67. The molecule has 98 valence electrons. The molecule has 0 aliphatic rings. The Balaban J connectivity index is 2.87. The Morgan fingerprint density at radius 2 is 1.83 bits per heavy atom. The van der Waals surface area contributed by atoms with Crippen LogP contribution in [0.15, 0.2) is 41.7 Å². The van der Waals surface area contributed by atoms with Crippen molar-refractivity contribution in [2.75, 3.05) is 0 Å². The summed E-state index contributed by atoms with van der Waals surface area (Å²) in [6.07, 6.45) is 7.30. The fourth-order valence-electron chi connectivity index (χ4n) is 1.70. The molecule has 0 aromatic heterocycles. The Kier molecular flexibility index (Phi) is 6.74. The van der Waals surface area contributed by atoms with Crippen molar-refractivity contribution in [3.63, 3.8) is 0 Å². The van der Waals surface area contributed by atoms with Crippen LogP contribution >= 0.6 is 11.6 Å². The molecule has 0 fully saturated rings. The molecular formula is C16H20ClF. The maximum atomic E-state index is 14.1. The molecule has 0 nitrogen and oxygen atoms in total. The number of benzene rings is 1. The lowest BCUT2D eigenvalue weighted by Gasteiger charge is -2.04. The third-order valence-corrected chi connectivity index (χ3v) is 2.92. The van der Waals surface area contributed by atoms with Gasteiger partial charge in [-0.25, -0.2) is 4.39 Å². The van der Waals surface area contributed by atoms with E-state index in [1.54, 1.807) is 18.2 Å². The number of unbranched alkanes of at least 4 members (excludes halogenated alkanes) is 1. The van der Waals surface area contributed by atoms with Gasteiger partial charge in [0.05, 0.1) is 0 Å². The average molecular weight is 267 g/mol. The smallest absolute Gasteiger partial charge is 0.126 e. The van der Waals surface area contributed by atoms with E-state index in [1.165, 1.54) is 0 Å². The van der Waals surface area contributed by atoms with Gasteiger partial charge in [-0.3, -0.25) is 0 Å². The lowest BCUT2D eigenvalue weighted by atomic mass is 10.1. The van der Waals surface area contributed by atoms with Crippen molar-refractivity contribution in [3.8, 4) is 0 Å². The van der Waals surface area contributed by atoms with Crippen LogP contribution in [0, 0.1) is 0 Å². The van der Waals surface area contributed by atoms with Gasteiger partial charge in [0, 0.05) is 5.02 Å². The van der Waals surface area contributed by atoms with Crippen molar-refractivity contribution in [2.24, 2.45) is 0 Å². The highest BCUT2D eigenvalue weighted by molar-refractivity contribution is 6.30. The SMILES string of the molecule is CCC/C=C(CCC)\C(F)=C\c1ccc(Cl)cc1. The van der Waals surface area contributed by atoms with Crippen molar-refractivity contribution < 1.29 is 4.39 Å². The summed E-state index contributed by atoms with van der Waals surface area (Å²) in [6.45, 7) is 4.16. The van der Waals surface area contributed by atoms with Crippen molar-refractivity contribution in [1.82, 2.24) is 0 Å². The van der Waals surface area contributed by atoms with E-state index >= 15 is 0 Å². The van der Waals surface area contributed by atoms with Gasteiger partial charge in [0.1, 0.15) is 5.83 Å². The van der Waals surface area contributed by atoms with Crippen LogP contribution in [0.3, 0.4) is 0 Å². The first kappa shape index (κ1) is 15.0. The predicted molar refractivity (Wildman–Crippen MR) is 78.4 cm³/mol. The second-order valence-electron chi connectivity index (χ2n) is 4.31. The molecule has 1 rings (SSSR count). The molecule has 0 saturated heterocycles. The largest absolute Gasteiger partial charge is 0.207 e. The molecule has 0 bridgehead atoms. The van der Waals surface area contributed by atoms with Crippen molar-refractivity contribution in [1.29, 1.82) is 0 Å². The van der Waals surface area contributed by atoms with Crippen LogP contribution in [0.2, 0.25) is 5.02 Å². The quantitative estimate of drug-likeness (QED) is 0.540. The van der Waals surface area contributed by atoms with Gasteiger partial charge in [-0.2, -0.15) is 0 Å². The van der Waals surface area contributed by atoms with Crippen LogP contribution in [0.25, 0.3) is 6.08 Å². The van der Waals surface area contributed by atoms with E-state index in [2.05, 4.69) is 13.8 Å². The lowest BCUT2D eigenvalue weighted by Crippen LogP contribution is -1.86. The minimum atomic E-state index is -0.132. The van der Waals surface area contributed by atoms with Crippen molar-refractivity contribution in [2.45, 2.75) is 39.5 Å². The van der Waals surface area contributed by atoms with Gasteiger partial charge in [0.15, 0.2) is 0 Å². The summed E-state index contributed by atoms with van der Waals surface area (Å²) in [5.41, 5.74) is 1.66. The lowest BCUT2D eigenvalue weighted by molar-refractivity contribution is 0.640. The summed E-state index contributed by atoms with van der Waals surface area (Å²) in [5, 5.41) is 0.669. The van der Waals surface area contributed by atoms with Gasteiger partial charge in [0.2, 0.25) is 0 Å². The Morgan fingerprint density at radius 3 is 2.39 bits per heavy atom. The van der Waals surface area contributed by atoms with E-state index < -0.39 is 0 Å². The highest BCUT2D eigenvalue weighted by atomic mass is 35.5. The minimum Gasteiger partial charge on any atom is -0.207 e. The van der Waals surface area contributed by atoms with Crippen LogP contribution in [-0.2, 0) is 0 Å². The standard InChI is InChI=1S/C16H20ClF/c1-3-5-7-14(6-4-2)16(18)12-13-8-10-15(17)11-9-13/h7-12H,3-6H2,1-2H3/b14-7-,16-12-. The van der Waals surface area contributed by atoms with E-state index in [9.17, 15) is 4.39 Å². The van der Waals surface area contributed by atoms with Gasteiger partial charge in [-0.15, -0.1) is 0 Å². The molecule has 1 aromatic rings. The zero-order chi connectivity index (χ0) is 13.4. The Morgan fingerprint density at radius 1 is 1.17 bits per heavy atom. The van der Waals surface area contributed by atoms with Crippen LogP contribution in [0.5, 0.6) is 0 Å². The number of allylic oxidation sites excluding steroid dienone is 3. The number of hydrogen-bond acceptors (Lipinski definition) is 0. The molecule has 0 aliphatic carbocycles.